The van der Waals surface area contributed by atoms with Gasteiger partial charge in [0.15, 0.2) is 0 Å². The van der Waals surface area contributed by atoms with Crippen molar-refractivity contribution in [3.05, 3.63) is 34.9 Å². The predicted octanol–water partition coefficient (Wildman–Crippen LogP) is 5.33. The van der Waals surface area contributed by atoms with Crippen LogP contribution >= 0.6 is 0 Å². The molecule has 0 aromatic heterocycles. The highest BCUT2D eigenvalue weighted by atomic mass is 19.4. The van der Waals surface area contributed by atoms with Crippen molar-refractivity contribution in [3.63, 3.8) is 0 Å². The van der Waals surface area contributed by atoms with Gasteiger partial charge in [0.1, 0.15) is 5.60 Å². The Labute approximate surface area is 163 Å². The molecule has 0 saturated heterocycles. The maximum Gasteiger partial charge on any atom is 0.416 e. The second-order valence-electron chi connectivity index (χ2n) is 7.87. The zero-order valence-electron chi connectivity index (χ0n) is 16.8. The molecule has 5 nitrogen and oxygen atoms in total. The van der Waals surface area contributed by atoms with Gasteiger partial charge in [-0.25, -0.2) is 4.79 Å². The third-order valence-corrected chi connectivity index (χ3v) is 4.20. The number of carboxylic acid groups (broad SMARTS) is 1. The highest BCUT2D eigenvalue weighted by Crippen LogP contribution is 2.36. The Hall–Kier alpha value is -2.25. The van der Waals surface area contributed by atoms with E-state index in [0.717, 1.165) is 6.07 Å². The van der Waals surface area contributed by atoms with Gasteiger partial charge in [0.25, 0.3) is 0 Å². The van der Waals surface area contributed by atoms with Gasteiger partial charge in [-0.2, -0.15) is 13.2 Å². The molecule has 28 heavy (non-hydrogen) atoms. The van der Waals surface area contributed by atoms with Crippen LogP contribution in [0.5, 0.6) is 0 Å². The number of carbonyl (C=O) groups excluding carboxylic acids is 1. The number of ether oxygens (including phenoxy) is 1. The maximum absolute atomic E-state index is 13.5. The second kappa shape index (κ2) is 9.30. The van der Waals surface area contributed by atoms with Crippen molar-refractivity contribution >= 4 is 12.1 Å². The first-order valence-corrected chi connectivity index (χ1v) is 9.13. The Balaban J connectivity index is 3.09. The van der Waals surface area contributed by atoms with Gasteiger partial charge in [-0.1, -0.05) is 19.1 Å². The molecule has 1 amide bonds. The Morgan fingerprint density at radius 2 is 1.79 bits per heavy atom. The first kappa shape index (κ1) is 23.8. The fraction of sp³-hybridized carbons (Fsp3) is 0.600. The van der Waals surface area contributed by atoms with Crippen LogP contribution in [-0.2, 0) is 22.1 Å². The lowest BCUT2D eigenvalue weighted by molar-refractivity contribution is -0.141. The van der Waals surface area contributed by atoms with Crippen LogP contribution in [0.15, 0.2) is 18.2 Å². The van der Waals surface area contributed by atoms with Crippen LogP contribution in [0, 0.1) is 5.92 Å². The molecule has 1 aromatic rings. The topological polar surface area (TPSA) is 75.6 Å². The first-order chi connectivity index (χ1) is 12.7. The van der Waals surface area contributed by atoms with Crippen molar-refractivity contribution in [1.82, 2.24) is 5.32 Å². The number of alkyl carbamates (subject to hydrolysis) is 1. The summed E-state index contributed by atoms with van der Waals surface area (Å²) in [5.74, 6) is -1.62. The lowest BCUT2D eigenvalue weighted by Gasteiger charge is -2.24. The number of benzene rings is 1. The molecule has 0 aliphatic carbocycles. The van der Waals surface area contributed by atoms with Gasteiger partial charge in [0, 0.05) is 0 Å². The van der Waals surface area contributed by atoms with Crippen molar-refractivity contribution in [3.8, 4) is 0 Å². The molecular weight excluding hydrogens is 375 g/mol. The summed E-state index contributed by atoms with van der Waals surface area (Å²) in [5.41, 5.74) is -1.10. The summed E-state index contributed by atoms with van der Waals surface area (Å²) in [6.45, 7) is 8.18. The zero-order valence-corrected chi connectivity index (χ0v) is 16.8. The summed E-state index contributed by atoms with van der Waals surface area (Å²) >= 11 is 0. The monoisotopic (exact) mass is 403 g/mol. The summed E-state index contributed by atoms with van der Waals surface area (Å²) in [4.78, 5) is 22.9. The fourth-order valence-corrected chi connectivity index (χ4v) is 2.83. The van der Waals surface area contributed by atoms with Crippen LogP contribution in [0.25, 0.3) is 0 Å². The second-order valence-corrected chi connectivity index (χ2v) is 7.87. The average molecular weight is 403 g/mol. The summed E-state index contributed by atoms with van der Waals surface area (Å²) < 4.78 is 45.6. The van der Waals surface area contributed by atoms with Gasteiger partial charge in [0.2, 0.25) is 0 Å². The van der Waals surface area contributed by atoms with E-state index in [1.165, 1.54) is 19.1 Å². The number of rotatable bonds is 7. The van der Waals surface area contributed by atoms with E-state index in [4.69, 9.17) is 9.84 Å². The van der Waals surface area contributed by atoms with Crippen molar-refractivity contribution in [2.45, 2.75) is 71.7 Å². The Bertz CT molecular complexity index is 696. The van der Waals surface area contributed by atoms with E-state index in [2.05, 4.69) is 5.32 Å². The van der Waals surface area contributed by atoms with E-state index in [-0.39, 0.29) is 24.8 Å². The molecule has 2 atom stereocenters. The van der Waals surface area contributed by atoms with Crippen molar-refractivity contribution in [2.24, 2.45) is 5.92 Å². The highest BCUT2D eigenvalue weighted by molar-refractivity contribution is 5.69. The van der Waals surface area contributed by atoms with Crippen molar-refractivity contribution < 1.29 is 32.6 Å². The number of alkyl halides is 3. The molecule has 1 rings (SSSR count). The molecule has 2 N–H and O–H groups in total. The molecule has 0 spiro atoms. The third kappa shape index (κ3) is 7.40. The molecule has 0 fully saturated rings. The molecular formula is C20H28F3NO4. The van der Waals surface area contributed by atoms with Crippen LogP contribution < -0.4 is 5.32 Å². The summed E-state index contributed by atoms with van der Waals surface area (Å²) in [6.07, 6.45) is -4.66. The fourth-order valence-electron chi connectivity index (χ4n) is 2.83. The van der Waals surface area contributed by atoms with Gasteiger partial charge in [0.05, 0.1) is 17.5 Å². The quantitative estimate of drug-likeness (QED) is 0.645. The summed E-state index contributed by atoms with van der Waals surface area (Å²) in [6, 6.07) is 3.13. The zero-order chi connectivity index (χ0) is 21.7. The number of hydrogen-bond donors (Lipinski definition) is 2. The number of carbonyl (C=O) groups is 2. The molecule has 0 aliphatic rings. The molecule has 0 bridgehead atoms. The lowest BCUT2D eigenvalue weighted by Crippen LogP contribution is -2.34. The van der Waals surface area contributed by atoms with Crippen LogP contribution in [0.2, 0.25) is 0 Å². The Morgan fingerprint density at radius 1 is 1.18 bits per heavy atom. The summed E-state index contributed by atoms with van der Waals surface area (Å²) in [7, 11) is 0. The van der Waals surface area contributed by atoms with Gasteiger partial charge < -0.3 is 15.2 Å². The number of nitrogens with one attached hydrogen (secondary N) is 1. The van der Waals surface area contributed by atoms with E-state index in [1.54, 1.807) is 27.7 Å². The van der Waals surface area contributed by atoms with E-state index < -0.39 is 41.4 Å². The van der Waals surface area contributed by atoms with Crippen LogP contribution in [0.4, 0.5) is 18.0 Å². The highest BCUT2D eigenvalue weighted by Gasteiger charge is 2.34. The number of amides is 1. The molecule has 0 aliphatic heterocycles. The smallest absolute Gasteiger partial charge is 0.416 e. The largest absolute Gasteiger partial charge is 0.481 e. The van der Waals surface area contributed by atoms with E-state index >= 15 is 0 Å². The molecule has 0 unspecified atom stereocenters. The third-order valence-electron chi connectivity index (χ3n) is 4.20. The van der Waals surface area contributed by atoms with Gasteiger partial charge in [-0.3, -0.25) is 4.79 Å². The Morgan fingerprint density at radius 3 is 2.29 bits per heavy atom. The van der Waals surface area contributed by atoms with E-state index in [1.807, 2.05) is 0 Å². The standard InChI is InChI=1S/C20H28F3NO4/c1-12(17(25)26)8-6-10-15-14(9-7-11-16(15)20(21,22)23)13(2)24-18(27)28-19(3,4)5/h7,9,11-13H,6,8,10H2,1-5H3,(H,24,27)(H,25,26)/t12-,13-/m1/s1. The molecule has 0 heterocycles. The van der Waals surface area contributed by atoms with E-state index in [9.17, 15) is 22.8 Å². The maximum atomic E-state index is 13.5. The number of halogens is 3. The number of hydrogen-bond acceptors (Lipinski definition) is 3. The SMILES string of the molecule is C[C@H](CCCc1c([C@@H](C)NC(=O)OC(C)(C)C)cccc1C(F)(F)F)C(=O)O. The van der Waals surface area contributed by atoms with Crippen molar-refractivity contribution in [2.75, 3.05) is 0 Å². The first-order valence-electron chi connectivity index (χ1n) is 9.13. The molecule has 0 saturated carbocycles. The van der Waals surface area contributed by atoms with Gasteiger partial charge in [-0.05, 0) is 64.2 Å². The minimum atomic E-state index is -4.55. The van der Waals surface area contributed by atoms with Gasteiger partial charge >= 0.3 is 18.2 Å². The van der Waals surface area contributed by atoms with Crippen LogP contribution in [-0.4, -0.2) is 22.8 Å². The average Bonchev–Trinajstić information content (AvgIpc) is 2.51. The Kier molecular flexibility index (Phi) is 7.90. The number of aliphatic carboxylic acids is 1. The number of carboxylic acids is 1. The molecule has 158 valence electrons. The predicted molar refractivity (Wildman–Crippen MR) is 99.0 cm³/mol. The molecule has 8 heteroatoms. The molecule has 0 radical (unpaired) electrons. The van der Waals surface area contributed by atoms with Gasteiger partial charge in [-0.15, -0.1) is 0 Å². The summed E-state index contributed by atoms with van der Waals surface area (Å²) in [5, 5.41) is 11.5. The van der Waals surface area contributed by atoms with E-state index in [0.29, 0.717) is 5.56 Å². The molecule has 1 aromatic carbocycles. The van der Waals surface area contributed by atoms with Crippen LogP contribution in [0.3, 0.4) is 0 Å². The van der Waals surface area contributed by atoms with Crippen molar-refractivity contribution in [1.29, 1.82) is 0 Å². The van der Waals surface area contributed by atoms with Crippen LogP contribution in [0.1, 0.15) is 70.2 Å². The minimum Gasteiger partial charge on any atom is -0.481 e. The minimum absolute atomic E-state index is 0.0585. The lowest BCUT2D eigenvalue weighted by atomic mass is 9.91. The normalized spacial score (nSPS) is 14.3.